The third-order valence-corrected chi connectivity index (χ3v) is 7.88. The summed E-state index contributed by atoms with van der Waals surface area (Å²) in [7, 11) is -4.73. The molecule has 1 fully saturated rings. The highest BCUT2D eigenvalue weighted by Gasteiger charge is 2.33. The zero-order chi connectivity index (χ0) is 29.6. The van der Waals surface area contributed by atoms with Crippen LogP contribution in [-0.4, -0.2) is 55.8 Å². The Labute approximate surface area is 240 Å². The van der Waals surface area contributed by atoms with Crippen molar-refractivity contribution in [1.29, 1.82) is 0 Å². The standard InChI is InChI=1S/C30H27F3N2O6S/c1-30(32,33)20-4-8-23-25-15-34-26-13-22(41-42(36,37)38)7-9-24(26)28(25)29(40-27(23)12-20)19-2-5-21(6-3-19)39-11-10-35-16-18(14-31)17-35/h2-9,12-13,15,18,29H,10-11,14,16-17H2,1H3,(H,36,37,38)/t29-/m1/s1. The summed E-state index contributed by atoms with van der Waals surface area (Å²) < 4.78 is 89.4. The largest absolute Gasteiger partial charge is 0.492 e. The molecule has 0 bridgehead atoms. The number of fused-ring (bicyclic) bond motifs is 5. The first-order chi connectivity index (χ1) is 20.0. The Morgan fingerprint density at radius 3 is 2.48 bits per heavy atom. The molecular weight excluding hydrogens is 573 g/mol. The number of hydrogen-bond acceptors (Lipinski definition) is 7. The van der Waals surface area contributed by atoms with E-state index < -0.39 is 22.4 Å². The Kier molecular flexibility index (Phi) is 7.24. The lowest BCUT2D eigenvalue weighted by molar-refractivity contribution is 0.0171. The molecule has 3 aromatic carbocycles. The van der Waals surface area contributed by atoms with Crippen molar-refractivity contribution in [2.75, 3.05) is 32.9 Å². The molecule has 1 N–H and O–H groups in total. The van der Waals surface area contributed by atoms with Gasteiger partial charge in [0.25, 0.3) is 5.92 Å². The Hall–Kier alpha value is -3.87. The summed E-state index contributed by atoms with van der Waals surface area (Å²) >= 11 is 0. The minimum Gasteiger partial charge on any atom is -0.492 e. The van der Waals surface area contributed by atoms with Crippen LogP contribution in [-0.2, 0) is 16.3 Å². The fourth-order valence-electron chi connectivity index (χ4n) is 5.39. The average molecular weight is 601 g/mol. The van der Waals surface area contributed by atoms with E-state index >= 15 is 0 Å². The number of halogens is 3. The smallest absolute Gasteiger partial charge is 0.446 e. The number of hydrogen-bond donors (Lipinski definition) is 1. The summed E-state index contributed by atoms with van der Waals surface area (Å²) in [6, 6.07) is 15.9. The second kappa shape index (κ2) is 10.8. The van der Waals surface area contributed by atoms with E-state index in [2.05, 4.69) is 14.1 Å². The van der Waals surface area contributed by atoms with E-state index in [0.29, 0.717) is 46.5 Å². The molecule has 220 valence electrons. The molecular formula is C30H27F3N2O6S. The molecule has 0 saturated carbocycles. The van der Waals surface area contributed by atoms with E-state index in [0.717, 1.165) is 25.6 Å². The van der Waals surface area contributed by atoms with Crippen LogP contribution < -0.4 is 13.7 Å². The molecule has 4 aromatic rings. The lowest BCUT2D eigenvalue weighted by atomic mass is 9.87. The predicted octanol–water partition coefficient (Wildman–Crippen LogP) is 5.96. The molecule has 8 nitrogen and oxygen atoms in total. The van der Waals surface area contributed by atoms with Gasteiger partial charge in [-0.3, -0.25) is 18.8 Å². The summed E-state index contributed by atoms with van der Waals surface area (Å²) in [5, 5.41) is 0.622. The number of nitrogens with zero attached hydrogens (tertiary/aromatic N) is 2. The predicted molar refractivity (Wildman–Crippen MR) is 149 cm³/mol. The van der Waals surface area contributed by atoms with E-state index in [1.54, 1.807) is 30.5 Å². The molecule has 6 rings (SSSR count). The van der Waals surface area contributed by atoms with Gasteiger partial charge in [-0.1, -0.05) is 24.3 Å². The molecule has 1 saturated heterocycles. The molecule has 2 aliphatic heterocycles. The molecule has 3 heterocycles. The first kappa shape index (κ1) is 28.3. The van der Waals surface area contributed by atoms with Crippen molar-refractivity contribution in [3.05, 3.63) is 83.6 Å². The summed E-state index contributed by atoms with van der Waals surface area (Å²) in [6.45, 7) is 3.13. The minimum atomic E-state index is -4.73. The van der Waals surface area contributed by atoms with Crippen molar-refractivity contribution >= 4 is 21.3 Å². The van der Waals surface area contributed by atoms with Gasteiger partial charge >= 0.3 is 10.4 Å². The van der Waals surface area contributed by atoms with Gasteiger partial charge in [0.15, 0.2) is 6.10 Å². The molecule has 1 aromatic heterocycles. The lowest BCUT2D eigenvalue weighted by Crippen LogP contribution is -2.49. The molecule has 42 heavy (non-hydrogen) atoms. The maximum absolute atomic E-state index is 14.2. The molecule has 0 unspecified atom stereocenters. The van der Waals surface area contributed by atoms with Crippen LogP contribution in [0.3, 0.4) is 0 Å². The van der Waals surface area contributed by atoms with Gasteiger partial charge in [0.05, 0.1) is 12.2 Å². The van der Waals surface area contributed by atoms with Gasteiger partial charge < -0.3 is 13.7 Å². The van der Waals surface area contributed by atoms with E-state index in [-0.39, 0.29) is 29.7 Å². The SMILES string of the molecule is CC(F)(F)c1ccc2c(c1)O[C@H](c1ccc(OCCN3CC(CF)C3)cc1)c1c-2cnc2cc(OS(=O)(=O)O)ccc12. The number of alkyl halides is 3. The third kappa shape index (κ3) is 5.74. The Morgan fingerprint density at radius 2 is 1.79 bits per heavy atom. The average Bonchev–Trinajstić information content (AvgIpc) is 2.92. The highest BCUT2D eigenvalue weighted by molar-refractivity contribution is 7.81. The van der Waals surface area contributed by atoms with Crippen molar-refractivity contribution in [2.24, 2.45) is 5.92 Å². The number of ether oxygens (including phenoxy) is 2. The zero-order valence-electron chi connectivity index (χ0n) is 22.5. The summed E-state index contributed by atoms with van der Waals surface area (Å²) in [5.41, 5.74) is 2.88. The lowest BCUT2D eigenvalue weighted by Gasteiger charge is -2.37. The second-order valence-electron chi connectivity index (χ2n) is 10.6. The van der Waals surface area contributed by atoms with Gasteiger partial charge in [0.2, 0.25) is 0 Å². The molecule has 12 heteroatoms. The van der Waals surface area contributed by atoms with Crippen molar-refractivity contribution in [2.45, 2.75) is 19.0 Å². The van der Waals surface area contributed by atoms with Gasteiger partial charge in [0, 0.05) is 72.4 Å². The van der Waals surface area contributed by atoms with Crippen molar-refractivity contribution in [3.63, 3.8) is 0 Å². The molecule has 0 radical (unpaired) electrons. The molecule has 0 spiro atoms. The number of pyridine rings is 1. The topological polar surface area (TPSA) is 98.2 Å². The molecule has 0 aliphatic carbocycles. The minimum absolute atomic E-state index is 0.112. The maximum atomic E-state index is 14.2. The van der Waals surface area contributed by atoms with Crippen LogP contribution in [0.2, 0.25) is 0 Å². The van der Waals surface area contributed by atoms with E-state index in [9.17, 15) is 21.6 Å². The van der Waals surface area contributed by atoms with Crippen LogP contribution >= 0.6 is 0 Å². The van der Waals surface area contributed by atoms with Gasteiger partial charge in [0.1, 0.15) is 23.9 Å². The van der Waals surface area contributed by atoms with E-state index in [1.165, 1.54) is 24.3 Å². The summed E-state index contributed by atoms with van der Waals surface area (Å²) in [4.78, 5) is 6.59. The number of benzene rings is 3. The molecule has 0 amide bonds. The van der Waals surface area contributed by atoms with Gasteiger partial charge in [-0.2, -0.15) is 8.42 Å². The maximum Gasteiger partial charge on any atom is 0.446 e. The molecule has 1 atom stereocenters. The normalized spacial score (nSPS) is 17.2. The highest BCUT2D eigenvalue weighted by Crippen LogP contribution is 2.48. The quantitative estimate of drug-likeness (QED) is 0.235. The fourth-order valence-corrected chi connectivity index (χ4v) is 5.74. The zero-order valence-corrected chi connectivity index (χ0v) is 23.3. The summed E-state index contributed by atoms with van der Waals surface area (Å²) in [5.74, 6) is -2.17. The summed E-state index contributed by atoms with van der Waals surface area (Å²) in [6.07, 6.45) is 0.855. The van der Waals surface area contributed by atoms with E-state index in [1.807, 2.05) is 12.1 Å². The molecule has 2 aliphatic rings. The van der Waals surface area contributed by atoms with Crippen LogP contribution in [0, 0.1) is 5.92 Å². The van der Waals surface area contributed by atoms with Crippen molar-refractivity contribution in [1.82, 2.24) is 9.88 Å². The number of likely N-dealkylation sites (tertiary alicyclic amines) is 1. The highest BCUT2D eigenvalue weighted by atomic mass is 32.3. The monoisotopic (exact) mass is 600 g/mol. The van der Waals surface area contributed by atoms with Crippen molar-refractivity contribution < 1.29 is 39.8 Å². The van der Waals surface area contributed by atoms with Crippen LogP contribution in [0.25, 0.3) is 22.0 Å². The van der Waals surface area contributed by atoms with Gasteiger partial charge in [-0.05, 0) is 35.9 Å². The Bertz CT molecular complexity index is 1740. The van der Waals surface area contributed by atoms with Gasteiger partial charge in [-0.25, -0.2) is 8.78 Å². The third-order valence-electron chi connectivity index (χ3n) is 7.48. The Morgan fingerprint density at radius 1 is 1.05 bits per heavy atom. The van der Waals surface area contributed by atoms with Crippen molar-refractivity contribution in [3.8, 4) is 28.4 Å². The Balaban J connectivity index is 1.35. The number of aromatic nitrogens is 1. The van der Waals surface area contributed by atoms with Gasteiger partial charge in [-0.15, -0.1) is 0 Å². The van der Waals surface area contributed by atoms with Crippen LogP contribution in [0.1, 0.15) is 29.7 Å². The van der Waals surface area contributed by atoms with Crippen LogP contribution in [0.5, 0.6) is 17.2 Å². The second-order valence-corrected chi connectivity index (χ2v) is 11.6. The first-order valence-corrected chi connectivity index (χ1v) is 14.6. The fraction of sp³-hybridized carbons (Fsp3) is 0.300. The van der Waals surface area contributed by atoms with Crippen LogP contribution in [0.15, 0.2) is 66.9 Å². The first-order valence-electron chi connectivity index (χ1n) is 13.3. The van der Waals surface area contributed by atoms with E-state index in [4.69, 9.17) is 14.0 Å². The number of rotatable bonds is 9. The van der Waals surface area contributed by atoms with Crippen LogP contribution in [0.4, 0.5) is 13.2 Å².